The summed E-state index contributed by atoms with van der Waals surface area (Å²) in [5, 5.41) is 0.651. The molecule has 0 spiro atoms. The molecule has 0 amide bonds. The van der Waals surface area contributed by atoms with Crippen molar-refractivity contribution in [2.75, 3.05) is 6.26 Å². The highest BCUT2D eigenvalue weighted by atomic mass is 32.2. The van der Waals surface area contributed by atoms with Gasteiger partial charge in [-0.05, 0) is 13.2 Å². The number of hydrogen-bond acceptors (Lipinski definition) is 5. The third kappa shape index (κ3) is 1.66. The van der Waals surface area contributed by atoms with Gasteiger partial charge in [0.15, 0.2) is 5.17 Å². The summed E-state index contributed by atoms with van der Waals surface area (Å²) in [7, 11) is 0. The number of hydrogen-bond donors (Lipinski definition) is 1. The maximum Gasteiger partial charge on any atom is 0.184 e. The summed E-state index contributed by atoms with van der Waals surface area (Å²) in [6.45, 7) is 1.86. The van der Waals surface area contributed by atoms with Gasteiger partial charge in [0.1, 0.15) is 12.1 Å². The summed E-state index contributed by atoms with van der Waals surface area (Å²) in [5.74, 6) is 0.0257. The van der Waals surface area contributed by atoms with Gasteiger partial charge in [0.25, 0.3) is 0 Å². The molecule has 2 atom stereocenters. The minimum absolute atomic E-state index is 0.0811. The summed E-state index contributed by atoms with van der Waals surface area (Å²) >= 11 is 1.43. The van der Waals surface area contributed by atoms with Gasteiger partial charge in [0.2, 0.25) is 0 Å². The lowest BCUT2D eigenvalue weighted by Crippen LogP contribution is -2.36. The Bertz CT molecular complexity index is 249. The lowest BCUT2D eigenvalue weighted by molar-refractivity contribution is -0.109. The number of carbonyl (C=O) groups excluding carboxylic acids is 1. The smallest absolute Gasteiger partial charge is 0.184 e. The van der Waals surface area contributed by atoms with Gasteiger partial charge in [-0.15, -0.1) is 0 Å². The van der Waals surface area contributed by atoms with E-state index in [1.165, 1.54) is 11.8 Å². The zero-order valence-corrected chi connectivity index (χ0v) is 7.84. The Morgan fingerprint density at radius 1 is 1.67 bits per heavy atom. The second kappa shape index (κ2) is 3.71. The zero-order valence-electron chi connectivity index (χ0n) is 7.02. The minimum atomic E-state index is -0.346. The van der Waals surface area contributed by atoms with Crippen LogP contribution in [0, 0.1) is 5.92 Å². The summed E-state index contributed by atoms with van der Waals surface area (Å²) in [6.07, 6.45) is 2.67. The first-order valence-electron chi connectivity index (χ1n) is 3.60. The van der Waals surface area contributed by atoms with Crippen LogP contribution in [0.3, 0.4) is 0 Å². The van der Waals surface area contributed by atoms with Crippen molar-refractivity contribution in [3.8, 4) is 0 Å². The van der Waals surface area contributed by atoms with Gasteiger partial charge >= 0.3 is 0 Å². The number of thioether (sulfide) groups is 1. The Kier molecular flexibility index (Phi) is 2.86. The first-order valence-corrected chi connectivity index (χ1v) is 4.82. The molecule has 0 aromatic rings. The molecule has 1 rings (SSSR count). The number of rotatable bonds is 1. The van der Waals surface area contributed by atoms with Crippen LogP contribution < -0.4 is 5.73 Å². The van der Waals surface area contributed by atoms with Crippen LogP contribution >= 0.6 is 11.8 Å². The molecule has 2 unspecified atom stereocenters. The van der Waals surface area contributed by atoms with Crippen molar-refractivity contribution in [2.45, 2.75) is 13.0 Å². The molecule has 0 aromatic carbocycles. The van der Waals surface area contributed by atoms with E-state index in [9.17, 15) is 4.79 Å². The summed E-state index contributed by atoms with van der Waals surface area (Å²) in [4.78, 5) is 18.7. The molecule has 1 aliphatic heterocycles. The highest BCUT2D eigenvalue weighted by molar-refractivity contribution is 8.13. The summed E-state index contributed by atoms with van der Waals surface area (Å²) < 4.78 is 0. The van der Waals surface area contributed by atoms with Crippen LogP contribution in [0.15, 0.2) is 9.98 Å². The lowest BCUT2D eigenvalue weighted by atomic mass is 10.0. The highest BCUT2D eigenvalue weighted by Crippen LogP contribution is 2.15. The van der Waals surface area contributed by atoms with Gasteiger partial charge in [-0.25, -0.2) is 4.99 Å². The van der Waals surface area contributed by atoms with Crippen LogP contribution in [-0.2, 0) is 4.79 Å². The fourth-order valence-corrected chi connectivity index (χ4v) is 1.47. The van der Waals surface area contributed by atoms with E-state index in [2.05, 4.69) is 9.98 Å². The number of carbonyl (C=O) groups is 1. The Morgan fingerprint density at radius 3 is 2.75 bits per heavy atom. The van der Waals surface area contributed by atoms with Gasteiger partial charge in [-0.3, -0.25) is 4.99 Å². The number of nitrogens with two attached hydrogens (primary N) is 1. The SMILES string of the molecule is CSC1=NC(C)C(C=O)C(N)=N1. The highest BCUT2D eigenvalue weighted by Gasteiger charge is 2.24. The summed E-state index contributed by atoms with van der Waals surface area (Å²) in [6, 6.07) is -0.0811. The van der Waals surface area contributed by atoms with Gasteiger partial charge in [-0.2, -0.15) is 0 Å². The van der Waals surface area contributed by atoms with E-state index in [0.717, 1.165) is 6.29 Å². The summed E-state index contributed by atoms with van der Waals surface area (Å²) in [5.41, 5.74) is 5.57. The molecule has 1 heterocycles. The Hall–Kier alpha value is -0.840. The average Bonchev–Trinajstić information content (AvgIpc) is 2.03. The van der Waals surface area contributed by atoms with Crippen LogP contribution in [0.5, 0.6) is 0 Å². The molecule has 0 saturated heterocycles. The van der Waals surface area contributed by atoms with Crippen LogP contribution in [0.4, 0.5) is 0 Å². The standard InChI is InChI=1S/C7H11N3OS/c1-4-5(3-11)6(8)10-7(9-4)12-2/h3-5H,1-2H3,(H2,8,9,10). The van der Waals surface area contributed by atoms with E-state index in [4.69, 9.17) is 5.73 Å². The number of amidine groups is 2. The van der Waals surface area contributed by atoms with E-state index in [1.54, 1.807) is 0 Å². The molecule has 5 heteroatoms. The second-order valence-corrected chi connectivity index (χ2v) is 3.33. The van der Waals surface area contributed by atoms with Crippen molar-refractivity contribution >= 4 is 29.1 Å². The van der Waals surface area contributed by atoms with Crippen molar-refractivity contribution in [3.63, 3.8) is 0 Å². The van der Waals surface area contributed by atoms with Gasteiger partial charge in [0.05, 0.1) is 12.0 Å². The Balaban J connectivity index is 2.88. The number of aldehydes is 1. The molecule has 4 nitrogen and oxygen atoms in total. The van der Waals surface area contributed by atoms with Crippen molar-refractivity contribution in [1.29, 1.82) is 0 Å². The zero-order chi connectivity index (χ0) is 9.14. The van der Waals surface area contributed by atoms with Gasteiger partial charge in [-0.1, -0.05) is 11.8 Å². The van der Waals surface area contributed by atoms with Crippen molar-refractivity contribution < 1.29 is 4.79 Å². The normalized spacial score (nSPS) is 29.2. The molecule has 0 aliphatic carbocycles. The van der Waals surface area contributed by atoms with Gasteiger partial charge < -0.3 is 10.5 Å². The fourth-order valence-electron chi connectivity index (χ4n) is 0.997. The first-order chi connectivity index (χ1) is 5.69. The predicted octanol–water partition coefficient (Wildman–Crippen LogP) is 0.280. The second-order valence-electron chi connectivity index (χ2n) is 2.55. The third-order valence-electron chi connectivity index (χ3n) is 1.73. The van der Waals surface area contributed by atoms with E-state index in [-0.39, 0.29) is 12.0 Å². The molecule has 0 fully saturated rings. The number of aliphatic imine (C=N–C) groups is 2. The third-order valence-corrected chi connectivity index (χ3v) is 2.29. The number of nitrogens with zero attached hydrogens (tertiary/aromatic N) is 2. The first kappa shape index (κ1) is 9.25. The molecule has 0 radical (unpaired) electrons. The molecule has 66 valence electrons. The molecule has 0 saturated carbocycles. The predicted molar refractivity (Wildman–Crippen MR) is 51.6 cm³/mol. The Labute approximate surface area is 75.3 Å². The average molecular weight is 185 g/mol. The lowest BCUT2D eigenvalue weighted by Gasteiger charge is -2.19. The molecular formula is C7H11N3OS. The monoisotopic (exact) mass is 185 g/mol. The van der Waals surface area contributed by atoms with Crippen LogP contribution in [-0.4, -0.2) is 29.6 Å². The fraction of sp³-hybridized carbons (Fsp3) is 0.571. The largest absolute Gasteiger partial charge is 0.386 e. The molecule has 12 heavy (non-hydrogen) atoms. The van der Waals surface area contributed by atoms with Crippen molar-refractivity contribution in [2.24, 2.45) is 21.6 Å². The molecule has 2 N–H and O–H groups in total. The Morgan fingerprint density at radius 2 is 2.33 bits per heavy atom. The van der Waals surface area contributed by atoms with E-state index in [0.29, 0.717) is 11.0 Å². The molecule has 1 aliphatic rings. The van der Waals surface area contributed by atoms with Crippen LogP contribution in [0.25, 0.3) is 0 Å². The van der Waals surface area contributed by atoms with E-state index >= 15 is 0 Å². The maximum absolute atomic E-state index is 10.5. The minimum Gasteiger partial charge on any atom is -0.386 e. The van der Waals surface area contributed by atoms with E-state index < -0.39 is 0 Å². The topological polar surface area (TPSA) is 67.8 Å². The quantitative estimate of drug-likeness (QED) is 0.597. The van der Waals surface area contributed by atoms with Crippen molar-refractivity contribution in [3.05, 3.63) is 0 Å². The molecule has 0 bridgehead atoms. The molecular weight excluding hydrogens is 174 g/mol. The maximum atomic E-state index is 10.5. The van der Waals surface area contributed by atoms with Crippen molar-refractivity contribution in [1.82, 2.24) is 0 Å². The molecule has 0 aromatic heterocycles. The van der Waals surface area contributed by atoms with Crippen LogP contribution in [0.1, 0.15) is 6.92 Å². The van der Waals surface area contributed by atoms with Gasteiger partial charge in [0, 0.05) is 0 Å². The van der Waals surface area contributed by atoms with E-state index in [1.807, 2.05) is 13.2 Å². The van der Waals surface area contributed by atoms with Crippen LogP contribution in [0.2, 0.25) is 0 Å².